The number of aromatic nitrogens is 2. The molecule has 0 aliphatic carbocycles. The molecule has 1 aromatic heterocycles. The van der Waals surface area contributed by atoms with Gasteiger partial charge in [-0.1, -0.05) is 29.8 Å². The Bertz CT molecular complexity index is 893. The maximum atomic E-state index is 14.1. The Morgan fingerprint density at radius 1 is 1.13 bits per heavy atom. The van der Waals surface area contributed by atoms with Gasteiger partial charge in [0.15, 0.2) is 0 Å². The van der Waals surface area contributed by atoms with Gasteiger partial charge in [-0.25, -0.2) is 14.4 Å². The molecule has 2 N–H and O–H groups in total. The smallest absolute Gasteiger partial charge is 0.140 e. The Morgan fingerprint density at radius 3 is 2.65 bits per heavy atom. The van der Waals surface area contributed by atoms with Gasteiger partial charge in [0.05, 0.1) is 5.52 Å². The van der Waals surface area contributed by atoms with Gasteiger partial charge in [0.25, 0.3) is 0 Å². The fourth-order valence-corrected chi connectivity index (χ4v) is 3.15. The summed E-state index contributed by atoms with van der Waals surface area (Å²) >= 11 is 6.41. The molecule has 4 nitrogen and oxygen atoms in total. The van der Waals surface area contributed by atoms with Gasteiger partial charge < -0.3 is 10.6 Å². The van der Waals surface area contributed by atoms with Gasteiger partial charge >= 0.3 is 0 Å². The van der Waals surface area contributed by atoms with Gasteiger partial charge in [0.2, 0.25) is 0 Å². The van der Waals surface area contributed by atoms with Crippen molar-refractivity contribution >= 4 is 28.3 Å². The zero-order valence-electron chi connectivity index (χ0n) is 12.2. The van der Waals surface area contributed by atoms with E-state index in [1.54, 1.807) is 30.3 Å². The second-order valence-electron chi connectivity index (χ2n) is 5.69. The quantitative estimate of drug-likeness (QED) is 0.784. The normalized spacial score (nSPS) is 15.0. The fraction of sp³-hybridized carbons (Fsp3) is 0.176. The first-order chi connectivity index (χ1) is 11.1. The van der Waals surface area contributed by atoms with Gasteiger partial charge in [-0.15, -0.1) is 0 Å². The van der Waals surface area contributed by atoms with Crippen LogP contribution in [0.15, 0.2) is 42.7 Å². The second-order valence-corrected chi connectivity index (χ2v) is 6.10. The molecule has 2 aromatic carbocycles. The second kappa shape index (κ2) is 5.44. The Kier molecular flexibility index (Phi) is 3.39. The van der Waals surface area contributed by atoms with Crippen LogP contribution in [-0.4, -0.2) is 29.1 Å². The van der Waals surface area contributed by atoms with Crippen molar-refractivity contribution in [3.8, 4) is 11.1 Å². The minimum Gasteiger partial charge on any atom is -0.353 e. The Morgan fingerprint density at radius 2 is 1.91 bits per heavy atom. The van der Waals surface area contributed by atoms with Crippen LogP contribution in [-0.2, 0) is 0 Å². The van der Waals surface area contributed by atoms with Crippen molar-refractivity contribution in [2.45, 2.75) is 6.04 Å². The van der Waals surface area contributed by atoms with Crippen LogP contribution in [0.3, 0.4) is 0 Å². The molecule has 1 saturated heterocycles. The van der Waals surface area contributed by atoms with E-state index in [0.717, 1.165) is 29.8 Å². The van der Waals surface area contributed by atoms with Crippen LogP contribution in [0, 0.1) is 5.82 Å². The number of nitrogens with zero attached hydrogens (tertiary/aromatic N) is 3. The van der Waals surface area contributed by atoms with E-state index in [2.05, 4.69) is 14.9 Å². The lowest BCUT2D eigenvalue weighted by molar-refractivity contribution is 0.516. The predicted octanol–water partition coefficient (Wildman–Crippen LogP) is 3.24. The first kappa shape index (κ1) is 14.4. The van der Waals surface area contributed by atoms with Gasteiger partial charge in [-0.3, -0.25) is 0 Å². The van der Waals surface area contributed by atoms with Crippen molar-refractivity contribution < 1.29 is 4.39 Å². The van der Waals surface area contributed by atoms with Crippen LogP contribution < -0.4 is 10.6 Å². The summed E-state index contributed by atoms with van der Waals surface area (Å²) in [5.41, 5.74) is 7.67. The van der Waals surface area contributed by atoms with Crippen molar-refractivity contribution in [2.24, 2.45) is 5.73 Å². The lowest BCUT2D eigenvalue weighted by atomic mass is 10.0. The van der Waals surface area contributed by atoms with Crippen LogP contribution in [0.25, 0.3) is 22.0 Å². The number of hydrogen-bond donors (Lipinski definition) is 1. The van der Waals surface area contributed by atoms with E-state index >= 15 is 0 Å². The largest absolute Gasteiger partial charge is 0.353 e. The molecule has 0 atom stereocenters. The van der Waals surface area contributed by atoms with Crippen molar-refractivity contribution in [1.29, 1.82) is 0 Å². The maximum Gasteiger partial charge on any atom is 0.140 e. The maximum absolute atomic E-state index is 14.1. The lowest BCUT2D eigenvalue weighted by Gasteiger charge is -2.38. The highest BCUT2D eigenvalue weighted by atomic mass is 35.5. The summed E-state index contributed by atoms with van der Waals surface area (Å²) in [6.07, 6.45) is 1.51. The van der Waals surface area contributed by atoms with E-state index in [0.29, 0.717) is 16.1 Å². The van der Waals surface area contributed by atoms with E-state index in [9.17, 15) is 4.39 Å². The summed E-state index contributed by atoms with van der Waals surface area (Å²) in [5, 5.41) is 1.33. The van der Waals surface area contributed by atoms with Crippen LogP contribution in [0.1, 0.15) is 0 Å². The molecule has 3 aromatic rings. The van der Waals surface area contributed by atoms with Gasteiger partial charge in [0, 0.05) is 40.7 Å². The molecule has 0 bridgehead atoms. The number of anilines is 1. The standard InChI is InChI=1S/C17H14ClFN4/c18-14-5-13-16(6-12(14)11-3-1-2-4-15(11)19)21-9-22-17(13)23-7-10(20)8-23/h1-6,9-10H,7-8,20H2. The van der Waals surface area contributed by atoms with Crippen molar-refractivity contribution in [3.63, 3.8) is 0 Å². The molecule has 0 spiro atoms. The number of fused-ring (bicyclic) bond motifs is 1. The Balaban J connectivity index is 1.87. The number of benzene rings is 2. The molecular weight excluding hydrogens is 315 g/mol. The molecule has 4 rings (SSSR count). The van der Waals surface area contributed by atoms with Crippen LogP contribution in [0.4, 0.5) is 10.2 Å². The molecule has 0 amide bonds. The topological polar surface area (TPSA) is 55.0 Å². The van der Waals surface area contributed by atoms with Crippen molar-refractivity contribution in [1.82, 2.24) is 9.97 Å². The zero-order chi connectivity index (χ0) is 16.0. The minimum atomic E-state index is -0.309. The van der Waals surface area contributed by atoms with E-state index in [1.165, 1.54) is 12.4 Å². The highest BCUT2D eigenvalue weighted by molar-refractivity contribution is 6.34. The van der Waals surface area contributed by atoms with Gasteiger partial charge in [-0.2, -0.15) is 0 Å². The third-order valence-corrected chi connectivity index (χ3v) is 4.39. The molecule has 116 valence electrons. The molecular formula is C17H14ClFN4. The van der Waals surface area contributed by atoms with Crippen molar-refractivity contribution in [2.75, 3.05) is 18.0 Å². The summed E-state index contributed by atoms with van der Waals surface area (Å²) in [7, 11) is 0. The van der Waals surface area contributed by atoms with E-state index < -0.39 is 0 Å². The molecule has 6 heteroatoms. The van der Waals surface area contributed by atoms with Gasteiger partial charge in [0.1, 0.15) is 18.0 Å². The summed E-state index contributed by atoms with van der Waals surface area (Å²) in [4.78, 5) is 10.8. The Hall–Kier alpha value is -2.24. The predicted molar refractivity (Wildman–Crippen MR) is 90.1 cm³/mol. The van der Waals surface area contributed by atoms with Crippen LogP contribution >= 0.6 is 11.6 Å². The van der Waals surface area contributed by atoms with Crippen molar-refractivity contribution in [3.05, 3.63) is 53.6 Å². The van der Waals surface area contributed by atoms with E-state index in [-0.39, 0.29) is 11.9 Å². The molecule has 0 unspecified atom stereocenters. The SMILES string of the molecule is NC1CN(c2ncnc3cc(-c4ccccc4F)c(Cl)cc23)C1. The third kappa shape index (κ3) is 2.42. The summed E-state index contributed by atoms with van der Waals surface area (Å²) in [5.74, 6) is 0.510. The third-order valence-electron chi connectivity index (χ3n) is 4.08. The average molecular weight is 329 g/mol. The zero-order valence-corrected chi connectivity index (χ0v) is 13.0. The number of halogens is 2. The van der Waals surface area contributed by atoms with Crippen LogP contribution in [0.5, 0.6) is 0 Å². The Labute approximate surface area is 137 Å². The summed E-state index contributed by atoms with van der Waals surface area (Å²) in [6.45, 7) is 1.53. The number of nitrogens with two attached hydrogens (primary N) is 1. The molecule has 2 heterocycles. The molecule has 23 heavy (non-hydrogen) atoms. The van der Waals surface area contributed by atoms with E-state index in [1.807, 2.05) is 0 Å². The molecule has 1 aliphatic heterocycles. The van der Waals surface area contributed by atoms with Gasteiger partial charge in [-0.05, 0) is 18.2 Å². The fourth-order valence-electron chi connectivity index (χ4n) is 2.89. The number of rotatable bonds is 2. The first-order valence-corrected chi connectivity index (χ1v) is 7.71. The summed E-state index contributed by atoms with van der Waals surface area (Å²) < 4.78 is 14.1. The monoisotopic (exact) mass is 328 g/mol. The average Bonchev–Trinajstić information content (AvgIpc) is 2.52. The van der Waals surface area contributed by atoms with E-state index in [4.69, 9.17) is 17.3 Å². The highest BCUT2D eigenvalue weighted by Gasteiger charge is 2.26. The highest BCUT2D eigenvalue weighted by Crippen LogP contribution is 2.36. The molecule has 0 radical (unpaired) electrons. The molecule has 1 aliphatic rings. The molecule has 0 saturated carbocycles. The minimum absolute atomic E-state index is 0.174. The van der Waals surface area contributed by atoms with Crippen LogP contribution in [0.2, 0.25) is 5.02 Å². The number of hydrogen-bond acceptors (Lipinski definition) is 4. The first-order valence-electron chi connectivity index (χ1n) is 7.33. The lowest BCUT2D eigenvalue weighted by Crippen LogP contribution is -2.56. The summed E-state index contributed by atoms with van der Waals surface area (Å²) in [6, 6.07) is 10.3. The molecule has 1 fully saturated rings.